The highest BCUT2D eigenvalue weighted by molar-refractivity contribution is 9.10. The van der Waals surface area contributed by atoms with E-state index in [9.17, 15) is 0 Å². The second-order valence-corrected chi connectivity index (χ2v) is 19.0. The lowest BCUT2D eigenvalue weighted by Crippen LogP contribution is -2.44. The van der Waals surface area contributed by atoms with E-state index in [1.807, 2.05) is 68.8 Å². The molecule has 15 heteroatoms. The van der Waals surface area contributed by atoms with Gasteiger partial charge in [-0.2, -0.15) is 0 Å². The van der Waals surface area contributed by atoms with Gasteiger partial charge in [0, 0.05) is 73.2 Å². The highest BCUT2D eigenvalue weighted by atomic mass is 79.9. The van der Waals surface area contributed by atoms with Crippen molar-refractivity contribution in [1.29, 1.82) is 0 Å². The number of hydrogen-bond acceptors (Lipinski definition) is 10. The summed E-state index contributed by atoms with van der Waals surface area (Å²) in [6, 6.07) is 19.4. The van der Waals surface area contributed by atoms with Crippen LogP contribution in [0.3, 0.4) is 0 Å². The number of pyridine rings is 2. The minimum absolute atomic E-state index is 0.0435. The van der Waals surface area contributed by atoms with Gasteiger partial charge in [0.05, 0.1) is 49.1 Å². The van der Waals surface area contributed by atoms with Gasteiger partial charge in [0.1, 0.15) is 10.4 Å². The van der Waals surface area contributed by atoms with Crippen molar-refractivity contribution in [1.82, 2.24) is 29.9 Å². The van der Waals surface area contributed by atoms with Crippen molar-refractivity contribution in [2.24, 2.45) is 22.3 Å². The molecule has 314 valence electrons. The van der Waals surface area contributed by atoms with Gasteiger partial charge < -0.3 is 21.3 Å². The minimum atomic E-state index is 0.0435. The molecule has 10 nitrogen and oxygen atoms in total. The summed E-state index contributed by atoms with van der Waals surface area (Å²) in [4.78, 5) is 32.9. The summed E-state index contributed by atoms with van der Waals surface area (Å²) in [5, 5.41) is 2.02. The number of hydrogen-bond donors (Lipinski definition) is 2. The summed E-state index contributed by atoms with van der Waals surface area (Å²) in [6.07, 6.45) is 11.5. The van der Waals surface area contributed by atoms with E-state index in [1.165, 1.54) is 11.1 Å². The predicted octanol–water partition coefficient (Wildman–Crippen LogP) is 10.8. The maximum Gasteiger partial charge on any atom is 0.162 e. The smallest absolute Gasteiger partial charge is 0.162 e. The Balaban J connectivity index is 0.000000156. The van der Waals surface area contributed by atoms with Crippen LogP contribution in [0, 0.1) is 24.7 Å². The van der Waals surface area contributed by atoms with Crippen LogP contribution in [0.4, 0.5) is 11.6 Å². The van der Waals surface area contributed by atoms with Crippen LogP contribution in [0.5, 0.6) is 0 Å². The molecule has 0 saturated carbocycles. The second-order valence-electron chi connectivity index (χ2n) is 16.7. The maximum atomic E-state index is 6.69. The van der Waals surface area contributed by atoms with E-state index in [4.69, 9.17) is 72.8 Å². The molecule has 0 amide bonds. The van der Waals surface area contributed by atoms with Crippen LogP contribution < -0.4 is 21.3 Å². The van der Waals surface area contributed by atoms with E-state index >= 15 is 0 Å². The molecule has 2 spiro atoms. The molecule has 10 rings (SSSR count). The Morgan fingerprint density at radius 1 is 0.607 bits per heavy atom. The first-order chi connectivity index (χ1) is 29.4. The van der Waals surface area contributed by atoms with Crippen LogP contribution in [-0.2, 0) is 12.8 Å². The number of aryl methyl sites for hydroxylation is 2. The zero-order valence-electron chi connectivity index (χ0n) is 33.9. The number of aromatic nitrogens is 6. The van der Waals surface area contributed by atoms with Crippen molar-refractivity contribution >= 4 is 74.0 Å². The first kappa shape index (κ1) is 42.4. The number of rotatable bonds is 4. The summed E-state index contributed by atoms with van der Waals surface area (Å²) in [5.41, 5.74) is 23.0. The SMILES string of the molecule is Cc1nc(N2CCC3(CC2)Cc2ncccc2[C@H]3N)c(Br)nc1-c1cccc(Cl)c1Cl.Cc1nc(N2CCC3(CC2)Cc2ncccc2[C@H]3N)cnc1-c1cccc(Cl)c1Cl. The second kappa shape index (κ2) is 17.0. The summed E-state index contributed by atoms with van der Waals surface area (Å²) in [7, 11) is 0. The van der Waals surface area contributed by atoms with E-state index in [0.717, 1.165) is 122 Å². The van der Waals surface area contributed by atoms with E-state index in [2.05, 4.69) is 52.8 Å². The molecule has 0 unspecified atom stereocenters. The average molecular weight is 960 g/mol. The molecule has 4 aromatic heterocycles. The van der Waals surface area contributed by atoms with Crippen LogP contribution in [0.2, 0.25) is 20.1 Å². The van der Waals surface area contributed by atoms with Crippen LogP contribution >= 0.6 is 62.3 Å². The fraction of sp³-hybridized carbons (Fsp3) is 0.348. The molecular formula is C46H45BrCl4N10. The average Bonchev–Trinajstić information content (AvgIpc) is 3.70. The Bertz CT molecular complexity index is 2630. The largest absolute Gasteiger partial charge is 0.355 e. The number of benzene rings is 2. The van der Waals surface area contributed by atoms with E-state index in [0.29, 0.717) is 24.7 Å². The molecule has 2 saturated heterocycles. The fourth-order valence-corrected chi connectivity index (χ4v) is 11.1. The van der Waals surface area contributed by atoms with E-state index < -0.39 is 0 Å². The van der Waals surface area contributed by atoms with Gasteiger partial charge >= 0.3 is 0 Å². The van der Waals surface area contributed by atoms with Gasteiger partial charge in [-0.25, -0.2) is 15.0 Å². The fourth-order valence-electron chi connectivity index (χ4n) is 9.83. The topological polar surface area (TPSA) is 136 Å². The molecule has 6 heterocycles. The Hall–Kier alpha value is -3.94. The lowest BCUT2D eigenvalue weighted by atomic mass is 9.73. The van der Waals surface area contributed by atoms with Crippen LogP contribution in [0.1, 0.15) is 71.7 Å². The summed E-state index contributed by atoms with van der Waals surface area (Å²) in [5.74, 6) is 1.75. The van der Waals surface area contributed by atoms with Crippen LogP contribution in [0.15, 0.2) is 83.9 Å². The first-order valence-corrected chi connectivity index (χ1v) is 22.8. The number of halogens is 5. The quantitative estimate of drug-likeness (QED) is 0.176. The summed E-state index contributed by atoms with van der Waals surface area (Å²) < 4.78 is 0.709. The van der Waals surface area contributed by atoms with Crippen molar-refractivity contribution in [3.05, 3.63) is 138 Å². The Morgan fingerprint density at radius 3 is 1.61 bits per heavy atom. The zero-order chi connectivity index (χ0) is 42.6. The van der Waals surface area contributed by atoms with Crippen molar-refractivity contribution in [3.63, 3.8) is 0 Å². The standard InChI is InChI=1S/C23H22BrCl2N5.C23H23Cl2N5/c1-13-19(15-4-2-6-16(25)18(15)26)30-21(24)22(29-13)31-10-7-23(8-11-31)12-17-14(20(23)27)5-3-9-28-17;1-14-21(16-4-2-6-17(24)20(16)25)28-13-19(29-14)30-10-7-23(8-11-30)12-18-15(22(23)26)5-3-9-27-18/h2-6,9,20H,7-8,10-12,27H2,1H3;2-6,9,13,22H,7-8,10-12,26H2,1H3/t20-;22-/m11/s1. The molecule has 2 aliphatic carbocycles. The van der Waals surface area contributed by atoms with Crippen molar-refractivity contribution in [2.45, 2.75) is 64.5 Å². The molecule has 61 heavy (non-hydrogen) atoms. The monoisotopic (exact) mass is 956 g/mol. The predicted molar refractivity (Wildman–Crippen MR) is 250 cm³/mol. The molecule has 2 aromatic carbocycles. The van der Waals surface area contributed by atoms with Gasteiger partial charge in [0.25, 0.3) is 0 Å². The van der Waals surface area contributed by atoms with Gasteiger partial charge in [0.15, 0.2) is 5.82 Å². The number of nitrogens with two attached hydrogens (primary N) is 2. The van der Waals surface area contributed by atoms with Gasteiger partial charge in [-0.05, 0) is 115 Å². The molecule has 4 aliphatic rings. The number of nitrogens with zero attached hydrogens (tertiary/aromatic N) is 8. The lowest BCUT2D eigenvalue weighted by Gasteiger charge is -2.42. The Kier molecular flexibility index (Phi) is 11.8. The molecule has 4 N–H and O–H groups in total. The van der Waals surface area contributed by atoms with Crippen LogP contribution in [-0.4, -0.2) is 56.1 Å². The Labute approximate surface area is 384 Å². The third-order valence-corrected chi connectivity index (χ3v) is 15.5. The molecular weight excluding hydrogens is 914 g/mol. The lowest BCUT2D eigenvalue weighted by molar-refractivity contribution is 0.186. The van der Waals surface area contributed by atoms with Gasteiger partial charge in [-0.1, -0.05) is 82.8 Å². The highest BCUT2D eigenvalue weighted by Crippen LogP contribution is 2.52. The van der Waals surface area contributed by atoms with Crippen molar-refractivity contribution in [3.8, 4) is 22.5 Å². The number of fused-ring (bicyclic) bond motifs is 2. The van der Waals surface area contributed by atoms with Crippen molar-refractivity contribution in [2.75, 3.05) is 36.0 Å². The minimum Gasteiger partial charge on any atom is -0.355 e. The molecule has 0 radical (unpaired) electrons. The van der Waals surface area contributed by atoms with Crippen molar-refractivity contribution < 1.29 is 0 Å². The van der Waals surface area contributed by atoms with E-state index in [1.54, 1.807) is 12.1 Å². The maximum absolute atomic E-state index is 6.69. The molecule has 2 atom stereocenters. The Morgan fingerprint density at radius 2 is 1.10 bits per heavy atom. The van der Waals surface area contributed by atoms with Gasteiger partial charge in [-0.3, -0.25) is 15.0 Å². The third-order valence-electron chi connectivity index (χ3n) is 13.4. The molecule has 0 bridgehead atoms. The van der Waals surface area contributed by atoms with Crippen LogP contribution in [0.25, 0.3) is 22.5 Å². The molecule has 2 aliphatic heterocycles. The highest BCUT2D eigenvalue weighted by Gasteiger charge is 2.48. The summed E-state index contributed by atoms with van der Waals surface area (Å²) in [6.45, 7) is 7.50. The zero-order valence-corrected chi connectivity index (χ0v) is 38.5. The van der Waals surface area contributed by atoms with E-state index in [-0.39, 0.29) is 22.9 Å². The third kappa shape index (κ3) is 7.79. The molecule has 2 fully saturated rings. The summed E-state index contributed by atoms with van der Waals surface area (Å²) >= 11 is 28.8. The number of anilines is 2. The van der Waals surface area contributed by atoms with Gasteiger partial charge in [0.2, 0.25) is 0 Å². The van der Waals surface area contributed by atoms with Gasteiger partial charge in [-0.15, -0.1) is 0 Å². The molecule has 6 aromatic rings. The normalized spacial score (nSPS) is 19.8. The number of piperidine rings is 2. The first-order valence-electron chi connectivity index (χ1n) is 20.5.